The number of halogens is 2. The van der Waals surface area contributed by atoms with Crippen LogP contribution in [0.25, 0.3) is 0 Å². The minimum atomic E-state index is -0.446. The second-order valence-electron chi connectivity index (χ2n) is 3.67. The van der Waals surface area contributed by atoms with Gasteiger partial charge in [-0.15, -0.1) is 0 Å². The van der Waals surface area contributed by atoms with Crippen LogP contribution in [0.2, 0.25) is 0 Å². The predicted octanol–water partition coefficient (Wildman–Crippen LogP) is 1.66. The van der Waals surface area contributed by atoms with Gasteiger partial charge in [0.05, 0.1) is 12.6 Å². The van der Waals surface area contributed by atoms with E-state index in [-0.39, 0.29) is 6.04 Å². The number of nitrogens with two attached hydrogens (primary N) is 1. The lowest BCUT2D eigenvalue weighted by molar-refractivity contribution is 0.353. The van der Waals surface area contributed by atoms with Crippen molar-refractivity contribution in [2.75, 3.05) is 13.1 Å². The maximum atomic E-state index is 13.6. The van der Waals surface area contributed by atoms with Crippen molar-refractivity contribution in [1.29, 1.82) is 0 Å². The smallest absolute Gasteiger partial charge is 0.191 e. The Hall–Kier alpha value is -1.65. The Balaban J connectivity index is 2.35. The van der Waals surface area contributed by atoms with Gasteiger partial charge >= 0.3 is 0 Å². The summed E-state index contributed by atoms with van der Waals surface area (Å²) in [5.41, 5.74) is 5.98. The van der Waals surface area contributed by atoms with Crippen molar-refractivity contribution in [2.45, 2.75) is 13.0 Å². The van der Waals surface area contributed by atoms with Crippen LogP contribution >= 0.6 is 0 Å². The largest absolute Gasteiger partial charge is 0.370 e. The molecule has 1 aliphatic heterocycles. The topological polar surface area (TPSA) is 41.6 Å². The molecule has 1 aromatic carbocycles. The Morgan fingerprint density at radius 1 is 1.50 bits per heavy atom. The zero-order chi connectivity index (χ0) is 11.7. The number of hydrogen-bond acceptors (Lipinski definition) is 3. The van der Waals surface area contributed by atoms with E-state index in [2.05, 4.69) is 4.99 Å². The maximum absolute atomic E-state index is 13.6. The van der Waals surface area contributed by atoms with Crippen molar-refractivity contribution < 1.29 is 8.78 Å². The van der Waals surface area contributed by atoms with Crippen molar-refractivity contribution in [3.63, 3.8) is 0 Å². The number of rotatable bonds is 2. The Bertz CT molecular complexity index is 431. The van der Waals surface area contributed by atoms with Crippen molar-refractivity contribution in [3.05, 3.63) is 35.4 Å². The molecule has 0 spiro atoms. The quantitative estimate of drug-likeness (QED) is 0.831. The Kier molecular flexibility index (Phi) is 2.77. The first kappa shape index (κ1) is 10.9. The molecule has 0 aromatic heterocycles. The molecule has 1 heterocycles. The molecule has 0 bridgehead atoms. The van der Waals surface area contributed by atoms with E-state index in [1.165, 1.54) is 6.07 Å². The summed E-state index contributed by atoms with van der Waals surface area (Å²) in [7, 11) is 0. The lowest BCUT2D eigenvalue weighted by Crippen LogP contribution is -2.36. The number of benzene rings is 1. The van der Waals surface area contributed by atoms with Crippen molar-refractivity contribution >= 4 is 5.96 Å². The third-order valence-electron chi connectivity index (χ3n) is 2.75. The zero-order valence-electron chi connectivity index (χ0n) is 8.95. The normalized spacial score (nSPS) is 20.1. The van der Waals surface area contributed by atoms with Gasteiger partial charge in [0, 0.05) is 12.1 Å². The van der Waals surface area contributed by atoms with Gasteiger partial charge < -0.3 is 10.6 Å². The lowest BCUT2D eigenvalue weighted by atomic mass is 10.1. The summed E-state index contributed by atoms with van der Waals surface area (Å²) in [5, 5.41) is 0. The van der Waals surface area contributed by atoms with E-state index in [4.69, 9.17) is 5.73 Å². The van der Waals surface area contributed by atoms with Crippen LogP contribution in [0.4, 0.5) is 8.78 Å². The third kappa shape index (κ3) is 1.73. The molecule has 1 atom stereocenters. The maximum Gasteiger partial charge on any atom is 0.191 e. The molecule has 0 aliphatic carbocycles. The van der Waals surface area contributed by atoms with Crippen molar-refractivity contribution in [2.24, 2.45) is 10.7 Å². The van der Waals surface area contributed by atoms with E-state index < -0.39 is 11.6 Å². The van der Waals surface area contributed by atoms with Gasteiger partial charge in [0.1, 0.15) is 11.6 Å². The van der Waals surface area contributed by atoms with Crippen LogP contribution in [-0.4, -0.2) is 23.9 Å². The molecule has 3 nitrogen and oxygen atoms in total. The summed E-state index contributed by atoms with van der Waals surface area (Å²) >= 11 is 0. The summed E-state index contributed by atoms with van der Waals surface area (Å²) < 4.78 is 26.6. The molecule has 86 valence electrons. The average Bonchev–Trinajstić information content (AvgIpc) is 2.63. The molecular weight excluding hydrogens is 212 g/mol. The number of guanidine groups is 1. The average molecular weight is 225 g/mol. The van der Waals surface area contributed by atoms with E-state index in [0.29, 0.717) is 24.6 Å². The highest BCUT2D eigenvalue weighted by atomic mass is 19.1. The lowest BCUT2D eigenvalue weighted by Gasteiger charge is -2.25. The number of nitrogens with zero attached hydrogens (tertiary/aromatic N) is 2. The second kappa shape index (κ2) is 4.08. The Labute approximate surface area is 92.6 Å². The van der Waals surface area contributed by atoms with Crippen molar-refractivity contribution in [3.8, 4) is 0 Å². The number of aliphatic imine (C=N–C) groups is 1. The molecule has 5 heteroatoms. The van der Waals surface area contributed by atoms with E-state index in [1.54, 1.807) is 4.90 Å². The van der Waals surface area contributed by atoms with Gasteiger partial charge in [0.25, 0.3) is 0 Å². The molecule has 16 heavy (non-hydrogen) atoms. The van der Waals surface area contributed by atoms with Gasteiger partial charge in [-0.3, -0.25) is 4.99 Å². The standard InChI is InChI=1S/C11H13F2N3/c1-2-16-10(6-15-11(16)14)8-5-7(12)3-4-9(8)13/h3-5,10H,2,6H2,1H3,(H2,14,15). The van der Waals surface area contributed by atoms with Gasteiger partial charge in [0.15, 0.2) is 5.96 Å². The molecule has 0 saturated heterocycles. The molecular formula is C11H13F2N3. The first-order valence-corrected chi connectivity index (χ1v) is 5.15. The second-order valence-corrected chi connectivity index (χ2v) is 3.67. The predicted molar refractivity (Wildman–Crippen MR) is 58.0 cm³/mol. The number of likely N-dealkylation sites (N-methyl/N-ethyl adjacent to an activating group) is 1. The molecule has 1 aromatic rings. The van der Waals surface area contributed by atoms with E-state index in [0.717, 1.165) is 12.1 Å². The zero-order valence-corrected chi connectivity index (χ0v) is 8.95. The fraction of sp³-hybridized carbons (Fsp3) is 0.364. The summed E-state index contributed by atoms with van der Waals surface area (Å²) in [4.78, 5) is 5.81. The molecule has 0 radical (unpaired) electrons. The van der Waals surface area contributed by atoms with Gasteiger partial charge in [-0.05, 0) is 25.1 Å². The highest BCUT2D eigenvalue weighted by molar-refractivity contribution is 5.80. The molecule has 1 aliphatic rings. The fourth-order valence-corrected chi connectivity index (χ4v) is 1.95. The Morgan fingerprint density at radius 3 is 2.94 bits per heavy atom. The van der Waals surface area contributed by atoms with Gasteiger partial charge in [-0.2, -0.15) is 0 Å². The van der Waals surface area contributed by atoms with Gasteiger partial charge in [0.2, 0.25) is 0 Å². The molecule has 0 fully saturated rings. The SMILES string of the molecule is CCN1C(N)=NCC1c1cc(F)ccc1F. The molecule has 2 rings (SSSR count). The first-order valence-electron chi connectivity index (χ1n) is 5.15. The van der Waals surface area contributed by atoms with Crippen LogP contribution in [0.5, 0.6) is 0 Å². The first-order chi connectivity index (χ1) is 7.63. The summed E-state index contributed by atoms with van der Waals surface area (Å²) in [6, 6.07) is 3.15. The van der Waals surface area contributed by atoms with Gasteiger partial charge in [-0.25, -0.2) is 8.78 Å². The van der Waals surface area contributed by atoms with Crippen LogP contribution < -0.4 is 5.73 Å². The monoisotopic (exact) mass is 225 g/mol. The van der Waals surface area contributed by atoms with Crippen LogP contribution in [0.15, 0.2) is 23.2 Å². The summed E-state index contributed by atoms with van der Waals surface area (Å²) in [6.07, 6.45) is 0. The van der Waals surface area contributed by atoms with Crippen LogP contribution in [-0.2, 0) is 0 Å². The van der Waals surface area contributed by atoms with E-state index in [9.17, 15) is 8.78 Å². The van der Waals surface area contributed by atoms with Crippen LogP contribution in [0, 0.1) is 11.6 Å². The number of hydrogen-bond donors (Lipinski definition) is 1. The fourth-order valence-electron chi connectivity index (χ4n) is 1.95. The van der Waals surface area contributed by atoms with Gasteiger partial charge in [-0.1, -0.05) is 0 Å². The minimum Gasteiger partial charge on any atom is -0.370 e. The van der Waals surface area contributed by atoms with Crippen LogP contribution in [0.1, 0.15) is 18.5 Å². The minimum absolute atomic E-state index is 0.291. The van der Waals surface area contributed by atoms with E-state index >= 15 is 0 Å². The Morgan fingerprint density at radius 2 is 2.25 bits per heavy atom. The highest BCUT2D eigenvalue weighted by Crippen LogP contribution is 2.27. The van der Waals surface area contributed by atoms with Crippen LogP contribution in [0.3, 0.4) is 0 Å². The molecule has 1 unspecified atom stereocenters. The third-order valence-corrected chi connectivity index (χ3v) is 2.75. The molecule has 0 saturated carbocycles. The molecule has 0 amide bonds. The van der Waals surface area contributed by atoms with Crippen molar-refractivity contribution in [1.82, 2.24) is 4.90 Å². The highest BCUT2D eigenvalue weighted by Gasteiger charge is 2.28. The summed E-state index contributed by atoms with van der Waals surface area (Å²) in [6.45, 7) is 2.90. The summed E-state index contributed by atoms with van der Waals surface area (Å²) in [5.74, 6) is -0.483. The van der Waals surface area contributed by atoms with E-state index in [1.807, 2.05) is 6.92 Å². The molecule has 2 N–H and O–H groups in total.